The average Bonchev–Trinajstić information content (AvgIpc) is 3.06. The zero-order valence-corrected chi connectivity index (χ0v) is 16.8. The molecule has 2 aromatic heterocycles. The lowest BCUT2D eigenvalue weighted by Crippen LogP contribution is -2.40. The van der Waals surface area contributed by atoms with Gasteiger partial charge in [0.1, 0.15) is 0 Å². The van der Waals surface area contributed by atoms with E-state index in [1.54, 1.807) is 23.0 Å². The number of hydrogen-bond donors (Lipinski definition) is 2. The first-order valence-corrected chi connectivity index (χ1v) is 10.5. The van der Waals surface area contributed by atoms with Gasteiger partial charge in [-0.3, -0.25) is 0 Å². The number of carbonyl (C=O) groups is 1. The minimum absolute atomic E-state index is 0.00837. The van der Waals surface area contributed by atoms with Crippen LogP contribution >= 0.6 is 0 Å². The minimum atomic E-state index is -2.73. The fourth-order valence-corrected chi connectivity index (χ4v) is 4.82. The molecule has 1 unspecified atom stereocenters. The van der Waals surface area contributed by atoms with Gasteiger partial charge in [-0.2, -0.15) is 5.10 Å². The van der Waals surface area contributed by atoms with Crippen LogP contribution in [0, 0.1) is 17.8 Å². The molecule has 0 radical (unpaired) electrons. The molecule has 3 heterocycles. The highest BCUT2D eigenvalue weighted by Crippen LogP contribution is 2.55. The number of amides is 2. The Morgan fingerprint density at radius 1 is 1.23 bits per heavy atom. The summed E-state index contributed by atoms with van der Waals surface area (Å²) in [5.74, 6) is -7.03. The molecule has 2 aromatic rings. The molecule has 11 heteroatoms. The number of hydrogen-bond acceptors (Lipinski definition) is 4. The van der Waals surface area contributed by atoms with Crippen molar-refractivity contribution in [2.45, 2.75) is 50.1 Å². The first kappa shape index (κ1) is 20.5. The van der Waals surface area contributed by atoms with Gasteiger partial charge in [-0.25, -0.2) is 31.9 Å². The number of nitrogens with one attached hydrogen (secondary N) is 1. The molecule has 7 nitrogen and oxygen atoms in total. The fraction of sp³-hybridized carbons (Fsp3) is 0.650. The van der Waals surface area contributed by atoms with Crippen LogP contribution in [-0.2, 0) is 6.54 Å². The Kier molecular flexibility index (Phi) is 4.65. The van der Waals surface area contributed by atoms with E-state index in [0.29, 0.717) is 29.7 Å². The summed E-state index contributed by atoms with van der Waals surface area (Å²) in [6.07, 6.45) is 3.60. The number of carbonyl (C=O) groups excluding carboxylic acids is 1. The van der Waals surface area contributed by atoms with E-state index >= 15 is 0 Å². The van der Waals surface area contributed by atoms with Crippen LogP contribution in [0.1, 0.15) is 43.0 Å². The smallest absolute Gasteiger partial charge is 0.317 e. The topological polar surface area (TPSA) is 88.5 Å². The van der Waals surface area contributed by atoms with Gasteiger partial charge in [-0.15, -0.1) is 0 Å². The van der Waals surface area contributed by atoms with Crippen LogP contribution < -0.4 is 11.1 Å². The Hall–Kier alpha value is -2.43. The molecular weight excluding hydrogens is 416 g/mol. The van der Waals surface area contributed by atoms with Crippen LogP contribution in [0.5, 0.6) is 0 Å². The lowest BCUT2D eigenvalue weighted by atomic mass is 9.81. The number of imidazole rings is 1. The number of nitrogens with two attached hydrogens (primary N) is 1. The van der Waals surface area contributed by atoms with Crippen molar-refractivity contribution in [1.29, 1.82) is 0 Å². The number of rotatable bonds is 4. The number of nitrogens with zero attached hydrogens (tertiary/aromatic N) is 4. The maximum absolute atomic E-state index is 13.7. The van der Waals surface area contributed by atoms with E-state index in [1.807, 2.05) is 0 Å². The van der Waals surface area contributed by atoms with Crippen LogP contribution in [-0.4, -0.2) is 50.5 Å². The first-order valence-electron chi connectivity index (χ1n) is 10.5. The summed E-state index contributed by atoms with van der Waals surface area (Å²) in [6, 6.07) is 0.897. The predicted octanol–water partition coefficient (Wildman–Crippen LogP) is 2.96. The third kappa shape index (κ3) is 3.72. The lowest BCUT2D eigenvalue weighted by Gasteiger charge is -2.31. The van der Waals surface area contributed by atoms with E-state index in [4.69, 9.17) is 5.73 Å². The van der Waals surface area contributed by atoms with E-state index < -0.39 is 29.7 Å². The molecule has 31 heavy (non-hydrogen) atoms. The molecule has 2 saturated carbocycles. The Bertz CT molecular complexity index is 1000. The summed E-state index contributed by atoms with van der Waals surface area (Å²) in [5.41, 5.74) is 8.06. The highest BCUT2D eigenvalue weighted by atomic mass is 19.3. The van der Waals surface area contributed by atoms with Gasteiger partial charge in [-0.1, -0.05) is 0 Å². The van der Waals surface area contributed by atoms with E-state index in [-0.39, 0.29) is 44.4 Å². The Morgan fingerprint density at radius 2 is 1.97 bits per heavy atom. The molecule has 3 fully saturated rings. The molecule has 3 N–H and O–H groups in total. The second-order valence-electron chi connectivity index (χ2n) is 9.01. The van der Waals surface area contributed by atoms with Gasteiger partial charge in [-0.05, 0) is 30.4 Å². The van der Waals surface area contributed by atoms with Crippen LogP contribution in [0.25, 0.3) is 5.65 Å². The zero-order valence-electron chi connectivity index (χ0n) is 16.8. The van der Waals surface area contributed by atoms with Crippen molar-refractivity contribution in [3.63, 3.8) is 0 Å². The molecule has 3 atom stereocenters. The fourth-order valence-electron chi connectivity index (χ4n) is 4.82. The normalized spacial score (nSPS) is 28.7. The van der Waals surface area contributed by atoms with E-state index in [2.05, 4.69) is 15.4 Å². The van der Waals surface area contributed by atoms with Gasteiger partial charge >= 0.3 is 6.03 Å². The van der Waals surface area contributed by atoms with Crippen molar-refractivity contribution < 1.29 is 22.4 Å². The van der Waals surface area contributed by atoms with Gasteiger partial charge in [0.25, 0.3) is 5.92 Å². The average molecular weight is 440 g/mol. The summed E-state index contributed by atoms with van der Waals surface area (Å²) in [6.45, 7) is 0.116. The maximum atomic E-state index is 13.7. The quantitative estimate of drug-likeness (QED) is 0.716. The molecule has 0 spiro atoms. The number of urea groups is 1. The van der Waals surface area contributed by atoms with Gasteiger partial charge < -0.3 is 16.0 Å². The number of alkyl halides is 4. The molecule has 168 valence electrons. The first-order chi connectivity index (χ1) is 14.6. The lowest BCUT2D eigenvalue weighted by molar-refractivity contribution is -0.0484. The van der Waals surface area contributed by atoms with Gasteiger partial charge in [0.15, 0.2) is 5.65 Å². The van der Waals surface area contributed by atoms with Gasteiger partial charge in [0, 0.05) is 32.5 Å². The van der Waals surface area contributed by atoms with Gasteiger partial charge in [0.05, 0.1) is 36.0 Å². The molecule has 5 rings (SSSR count). The predicted molar refractivity (Wildman–Crippen MR) is 103 cm³/mol. The van der Waals surface area contributed by atoms with Crippen LogP contribution in [0.3, 0.4) is 0 Å². The summed E-state index contributed by atoms with van der Waals surface area (Å²) in [7, 11) is 0. The SMILES string of the molecule is N[C@H](c1cn2ncc(CN3CC4[C@@H](CNC3=O)C4(F)F)cc2n1)C1CCC(F)(F)CC1. The maximum Gasteiger partial charge on any atom is 0.317 e. The molecule has 2 aliphatic carbocycles. The highest BCUT2D eigenvalue weighted by molar-refractivity contribution is 5.75. The summed E-state index contributed by atoms with van der Waals surface area (Å²) < 4.78 is 55.9. The summed E-state index contributed by atoms with van der Waals surface area (Å²) >= 11 is 0. The summed E-state index contributed by atoms with van der Waals surface area (Å²) in [4.78, 5) is 18.1. The largest absolute Gasteiger partial charge is 0.337 e. The van der Waals surface area contributed by atoms with Gasteiger partial charge in [0.2, 0.25) is 5.92 Å². The Morgan fingerprint density at radius 3 is 2.71 bits per heavy atom. The third-order valence-electron chi connectivity index (χ3n) is 6.92. The van der Waals surface area contributed by atoms with Crippen LogP contribution in [0.2, 0.25) is 0 Å². The monoisotopic (exact) mass is 440 g/mol. The van der Waals surface area contributed by atoms with Crippen molar-refractivity contribution >= 4 is 11.7 Å². The number of aromatic nitrogens is 3. The van der Waals surface area contributed by atoms with E-state index in [0.717, 1.165) is 0 Å². The number of halogens is 4. The third-order valence-corrected chi connectivity index (χ3v) is 6.92. The number of fused-ring (bicyclic) bond motifs is 2. The second-order valence-corrected chi connectivity index (χ2v) is 9.01. The second kappa shape index (κ2) is 7.04. The molecule has 0 aromatic carbocycles. The van der Waals surface area contributed by atoms with Crippen molar-refractivity contribution in [3.05, 3.63) is 29.7 Å². The van der Waals surface area contributed by atoms with Crippen molar-refractivity contribution in [2.24, 2.45) is 23.5 Å². The molecule has 1 saturated heterocycles. The van der Waals surface area contributed by atoms with Crippen molar-refractivity contribution in [2.75, 3.05) is 13.1 Å². The zero-order chi connectivity index (χ0) is 22.0. The molecular formula is C20H24F4N6O. The molecule has 2 amide bonds. The van der Waals surface area contributed by atoms with Crippen LogP contribution in [0.15, 0.2) is 18.5 Å². The van der Waals surface area contributed by atoms with Crippen LogP contribution in [0.4, 0.5) is 22.4 Å². The molecule has 0 bridgehead atoms. The standard InChI is InChI=1S/C20H24F4N6O/c21-19(22)3-1-12(2-4-19)17(25)15-10-30-16(28-15)5-11(6-27-30)8-29-9-14-13(20(14,23)24)7-26-18(29)31/h5-6,10,12-14,17H,1-4,7-9,25H2,(H,26,31)/t13-,14?,17+/m1/s1. The van der Waals surface area contributed by atoms with E-state index in [9.17, 15) is 22.4 Å². The molecule has 3 aliphatic rings. The summed E-state index contributed by atoms with van der Waals surface area (Å²) in [5, 5.41) is 6.85. The Labute approximate surface area is 176 Å². The Balaban J connectivity index is 1.30. The van der Waals surface area contributed by atoms with E-state index in [1.165, 1.54) is 4.90 Å². The minimum Gasteiger partial charge on any atom is -0.337 e. The van der Waals surface area contributed by atoms with Crippen molar-refractivity contribution in [1.82, 2.24) is 24.8 Å². The molecule has 1 aliphatic heterocycles. The van der Waals surface area contributed by atoms with Crippen molar-refractivity contribution in [3.8, 4) is 0 Å². The highest BCUT2D eigenvalue weighted by Gasteiger charge is 2.69.